The molecule has 0 N–H and O–H groups in total. The summed E-state index contributed by atoms with van der Waals surface area (Å²) < 4.78 is 5.56. The molecule has 15 heavy (non-hydrogen) atoms. The summed E-state index contributed by atoms with van der Waals surface area (Å²) in [6, 6.07) is 4.20. The van der Waals surface area contributed by atoms with Gasteiger partial charge in [0.25, 0.3) is 0 Å². The quantitative estimate of drug-likeness (QED) is 0.696. The molecule has 0 unspecified atom stereocenters. The van der Waals surface area contributed by atoms with Crippen LogP contribution in [0.3, 0.4) is 0 Å². The van der Waals surface area contributed by atoms with Crippen molar-refractivity contribution in [2.75, 3.05) is 7.11 Å². The fourth-order valence-corrected chi connectivity index (χ4v) is 2.53. The summed E-state index contributed by atoms with van der Waals surface area (Å²) in [6.07, 6.45) is 0. The van der Waals surface area contributed by atoms with Crippen molar-refractivity contribution in [3.63, 3.8) is 0 Å². The minimum absolute atomic E-state index is 0.256. The van der Waals surface area contributed by atoms with E-state index in [-0.39, 0.29) is 4.75 Å². The molecule has 0 aliphatic carbocycles. The zero-order valence-corrected chi connectivity index (χ0v) is 11.3. The molecule has 0 saturated carbocycles. The number of hydrogen-bond donors (Lipinski definition) is 0. The Hall–Kier alpha value is -0.630. The Bertz CT molecular complexity index is 350. The van der Waals surface area contributed by atoms with Crippen molar-refractivity contribution in [2.45, 2.75) is 44.3 Å². The van der Waals surface area contributed by atoms with Crippen molar-refractivity contribution in [3.8, 4) is 5.75 Å². The third-order valence-corrected chi connectivity index (χ3v) is 3.60. The summed E-state index contributed by atoms with van der Waals surface area (Å²) in [5.41, 5.74) is 2.57. The van der Waals surface area contributed by atoms with Gasteiger partial charge in [-0.25, -0.2) is 0 Å². The Kier molecular flexibility index (Phi) is 3.72. The highest BCUT2D eigenvalue weighted by Crippen LogP contribution is 2.37. The fraction of sp³-hybridized carbons (Fsp3) is 0.538. The Balaban J connectivity index is 3.07. The molecule has 0 heterocycles. The van der Waals surface area contributed by atoms with Crippen molar-refractivity contribution in [3.05, 3.63) is 23.3 Å². The second kappa shape index (κ2) is 4.48. The maximum Gasteiger partial charge on any atom is 0.122 e. The van der Waals surface area contributed by atoms with Crippen LogP contribution in [0.25, 0.3) is 0 Å². The molecule has 2 heteroatoms. The number of benzene rings is 1. The molecule has 0 radical (unpaired) electrons. The molecule has 84 valence electrons. The molecule has 0 saturated heterocycles. The molecule has 0 aliphatic rings. The third kappa shape index (κ3) is 3.16. The molecule has 0 fully saturated rings. The average molecular weight is 224 g/mol. The van der Waals surface area contributed by atoms with Gasteiger partial charge < -0.3 is 4.74 Å². The summed E-state index contributed by atoms with van der Waals surface area (Å²) >= 11 is 1.91. The van der Waals surface area contributed by atoms with Gasteiger partial charge in [-0.05, 0) is 37.1 Å². The van der Waals surface area contributed by atoms with E-state index in [1.807, 2.05) is 11.8 Å². The third-order valence-electron chi connectivity index (χ3n) is 2.32. The smallest absolute Gasteiger partial charge is 0.122 e. The van der Waals surface area contributed by atoms with Crippen LogP contribution in [-0.4, -0.2) is 11.9 Å². The van der Waals surface area contributed by atoms with Crippen LogP contribution in [0, 0.1) is 13.8 Å². The molecule has 1 aromatic rings. The van der Waals surface area contributed by atoms with Crippen LogP contribution in [0.5, 0.6) is 5.75 Å². The summed E-state index contributed by atoms with van der Waals surface area (Å²) in [7, 11) is 1.72. The first-order chi connectivity index (χ1) is 6.85. The molecule has 0 amide bonds. The lowest BCUT2D eigenvalue weighted by molar-refractivity contribution is 0.411. The Labute approximate surface area is 97.2 Å². The first-order valence-electron chi connectivity index (χ1n) is 5.18. The highest BCUT2D eigenvalue weighted by Gasteiger charge is 2.15. The van der Waals surface area contributed by atoms with E-state index in [9.17, 15) is 0 Å². The van der Waals surface area contributed by atoms with E-state index >= 15 is 0 Å². The first-order valence-corrected chi connectivity index (χ1v) is 6.00. The van der Waals surface area contributed by atoms with Crippen molar-refractivity contribution in [2.24, 2.45) is 0 Å². The van der Waals surface area contributed by atoms with E-state index in [0.29, 0.717) is 0 Å². The van der Waals surface area contributed by atoms with Crippen LogP contribution in [-0.2, 0) is 0 Å². The van der Waals surface area contributed by atoms with Gasteiger partial charge in [0.15, 0.2) is 0 Å². The Morgan fingerprint density at radius 1 is 1.07 bits per heavy atom. The summed E-state index contributed by atoms with van der Waals surface area (Å²) in [5, 5.41) is 0. The van der Waals surface area contributed by atoms with Crippen molar-refractivity contribution >= 4 is 11.8 Å². The van der Waals surface area contributed by atoms with Crippen molar-refractivity contribution < 1.29 is 4.74 Å². The highest BCUT2D eigenvalue weighted by molar-refractivity contribution is 8.00. The fourth-order valence-electron chi connectivity index (χ4n) is 1.43. The lowest BCUT2D eigenvalue weighted by atomic mass is 10.1. The summed E-state index contributed by atoms with van der Waals surface area (Å²) in [6.45, 7) is 11.0. The number of ether oxygens (including phenoxy) is 1. The standard InChI is InChI=1S/C13H20OS/c1-9-10(2)12(15-13(3,4)5)8-7-11(9)14-6/h7-8H,1-6H3. The maximum atomic E-state index is 5.30. The zero-order chi connectivity index (χ0) is 11.6. The molecule has 0 bridgehead atoms. The first kappa shape index (κ1) is 12.4. The van der Waals surface area contributed by atoms with Crippen LogP contribution in [0.4, 0.5) is 0 Å². The molecular formula is C13H20OS. The van der Waals surface area contributed by atoms with E-state index in [2.05, 4.69) is 46.8 Å². The van der Waals surface area contributed by atoms with Crippen molar-refractivity contribution in [1.29, 1.82) is 0 Å². The van der Waals surface area contributed by atoms with Gasteiger partial charge in [-0.3, -0.25) is 0 Å². The molecule has 0 aromatic heterocycles. The minimum atomic E-state index is 0.256. The second-order valence-electron chi connectivity index (χ2n) is 4.73. The van der Waals surface area contributed by atoms with E-state index in [1.54, 1.807) is 7.11 Å². The van der Waals surface area contributed by atoms with Gasteiger partial charge in [-0.15, -0.1) is 11.8 Å². The predicted octanol–water partition coefficient (Wildman–Crippen LogP) is 4.20. The van der Waals surface area contributed by atoms with E-state index < -0.39 is 0 Å². The normalized spacial score (nSPS) is 11.6. The second-order valence-corrected chi connectivity index (χ2v) is 6.60. The highest BCUT2D eigenvalue weighted by atomic mass is 32.2. The van der Waals surface area contributed by atoms with Gasteiger partial charge in [-0.1, -0.05) is 20.8 Å². The summed E-state index contributed by atoms with van der Waals surface area (Å²) in [4.78, 5) is 1.35. The van der Waals surface area contributed by atoms with Crippen LogP contribution < -0.4 is 4.74 Å². The number of thioether (sulfide) groups is 1. The number of hydrogen-bond acceptors (Lipinski definition) is 2. The van der Waals surface area contributed by atoms with E-state index in [4.69, 9.17) is 4.74 Å². The predicted molar refractivity (Wildman–Crippen MR) is 68.1 cm³/mol. The largest absolute Gasteiger partial charge is 0.496 e. The van der Waals surface area contributed by atoms with Gasteiger partial charge in [-0.2, -0.15) is 0 Å². The number of rotatable bonds is 2. The van der Waals surface area contributed by atoms with E-state index in [0.717, 1.165) is 5.75 Å². The van der Waals surface area contributed by atoms with Gasteiger partial charge in [0.2, 0.25) is 0 Å². The van der Waals surface area contributed by atoms with Crippen LogP contribution in [0.15, 0.2) is 17.0 Å². The van der Waals surface area contributed by atoms with Gasteiger partial charge in [0.1, 0.15) is 5.75 Å². The SMILES string of the molecule is COc1ccc(SC(C)(C)C)c(C)c1C. The van der Waals surface area contributed by atoms with Gasteiger partial charge in [0.05, 0.1) is 7.11 Å². The maximum absolute atomic E-state index is 5.30. The molecule has 0 atom stereocenters. The van der Waals surface area contributed by atoms with E-state index in [1.165, 1.54) is 16.0 Å². The van der Waals surface area contributed by atoms with Crippen LogP contribution >= 0.6 is 11.8 Å². The minimum Gasteiger partial charge on any atom is -0.496 e. The Morgan fingerprint density at radius 3 is 2.13 bits per heavy atom. The van der Waals surface area contributed by atoms with Crippen LogP contribution in [0.2, 0.25) is 0 Å². The molecule has 0 spiro atoms. The van der Waals surface area contributed by atoms with Gasteiger partial charge in [0, 0.05) is 9.64 Å². The molecule has 0 aliphatic heterocycles. The summed E-state index contributed by atoms with van der Waals surface area (Å²) in [5.74, 6) is 0.978. The molecule has 1 aromatic carbocycles. The topological polar surface area (TPSA) is 9.23 Å². The average Bonchev–Trinajstić information content (AvgIpc) is 2.11. The molecular weight excluding hydrogens is 204 g/mol. The molecule has 1 rings (SSSR count). The van der Waals surface area contributed by atoms with Crippen LogP contribution in [0.1, 0.15) is 31.9 Å². The Morgan fingerprint density at radius 2 is 1.67 bits per heavy atom. The molecule has 1 nitrogen and oxygen atoms in total. The van der Waals surface area contributed by atoms with Crippen molar-refractivity contribution in [1.82, 2.24) is 0 Å². The lowest BCUT2D eigenvalue weighted by Gasteiger charge is -2.20. The number of methoxy groups -OCH3 is 1. The van der Waals surface area contributed by atoms with Gasteiger partial charge >= 0.3 is 0 Å². The monoisotopic (exact) mass is 224 g/mol. The zero-order valence-electron chi connectivity index (χ0n) is 10.5. The lowest BCUT2D eigenvalue weighted by Crippen LogP contribution is -2.07.